The van der Waals surface area contributed by atoms with E-state index in [1.807, 2.05) is 6.07 Å². The first kappa shape index (κ1) is 15.8. The molecule has 0 bridgehead atoms. The zero-order valence-corrected chi connectivity index (χ0v) is 12.9. The highest BCUT2D eigenvalue weighted by atomic mass is 79.9. The Morgan fingerprint density at radius 3 is 2.83 bits per heavy atom. The minimum absolute atomic E-state index is 0. The number of benzene rings is 1. The van der Waals surface area contributed by atoms with Crippen molar-refractivity contribution in [3.63, 3.8) is 0 Å². The standard InChI is InChI=1S/C12H14BrClN2O.ClH/c13-9-7-8(4-5-10(9)14)16-12(17)11-3-1-2-6-15-11;/h4-5,7,11,15H,1-3,6H2,(H,16,17);1H/t11-;/m1./s1. The Hall–Kier alpha value is -0.290. The van der Waals surface area contributed by atoms with Gasteiger partial charge in [-0.2, -0.15) is 0 Å². The van der Waals surface area contributed by atoms with Crippen molar-refractivity contribution in [1.82, 2.24) is 5.32 Å². The fourth-order valence-electron chi connectivity index (χ4n) is 1.88. The first-order valence-electron chi connectivity index (χ1n) is 5.66. The molecule has 100 valence electrons. The first-order valence-corrected chi connectivity index (χ1v) is 6.83. The molecule has 3 nitrogen and oxygen atoms in total. The summed E-state index contributed by atoms with van der Waals surface area (Å²) in [7, 11) is 0. The number of halogens is 3. The second-order valence-corrected chi connectivity index (χ2v) is 5.38. The molecular formula is C12H15BrCl2N2O. The topological polar surface area (TPSA) is 41.1 Å². The van der Waals surface area contributed by atoms with Crippen molar-refractivity contribution in [3.8, 4) is 0 Å². The van der Waals surface area contributed by atoms with Gasteiger partial charge >= 0.3 is 0 Å². The number of carbonyl (C=O) groups excluding carboxylic acids is 1. The van der Waals surface area contributed by atoms with Gasteiger partial charge in [0.1, 0.15) is 0 Å². The van der Waals surface area contributed by atoms with Crippen LogP contribution in [0.4, 0.5) is 5.69 Å². The van der Waals surface area contributed by atoms with E-state index in [9.17, 15) is 4.79 Å². The van der Waals surface area contributed by atoms with Crippen molar-refractivity contribution >= 4 is 51.5 Å². The van der Waals surface area contributed by atoms with Gasteiger partial charge in [-0.1, -0.05) is 18.0 Å². The van der Waals surface area contributed by atoms with Crippen molar-refractivity contribution in [3.05, 3.63) is 27.7 Å². The molecule has 1 amide bonds. The van der Waals surface area contributed by atoms with Crippen molar-refractivity contribution in [2.24, 2.45) is 0 Å². The Morgan fingerprint density at radius 1 is 1.44 bits per heavy atom. The molecule has 6 heteroatoms. The van der Waals surface area contributed by atoms with Crippen LogP contribution in [-0.4, -0.2) is 18.5 Å². The van der Waals surface area contributed by atoms with E-state index >= 15 is 0 Å². The summed E-state index contributed by atoms with van der Waals surface area (Å²) in [6.07, 6.45) is 3.16. The molecule has 1 saturated heterocycles. The van der Waals surface area contributed by atoms with E-state index in [-0.39, 0.29) is 24.4 Å². The SMILES string of the molecule is Cl.O=C(Nc1ccc(Cl)c(Br)c1)[C@H]1CCCCN1. The van der Waals surface area contributed by atoms with Crippen LogP contribution in [0, 0.1) is 0 Å². The zero-order valence-electron chi connectivity index (χ0n) is 9.71. The van der Waals surface area contributed by atoms with Crippen LogP contribution in [0.25, 0.3) is 0 Å². The molecule has 2 rings (SSSR count). The molecule has 0 aromatic heterocycles. The largest absolute Gasteiger partial charge is 0.325 e. The van der Waals surface area contributed by atoms with Crippen molar-refractivity contribution in [2.45, 2.75) is 25.3 Å². The van der Waals surface area contributed by atoms with Crippen LogP contribution < -0.4 is 10.6 Å². The van der Waals surface area contributed by atoms with E-state index in [4.69, 9.17) is 11.6 Å². The van der Waals surface area contributed by atoms with Crippen molar-refractivity contribution in [2.75, 3.05) is 11.9 Å². The molecule has 0 saturated carbocycles. The molecular weight excluding hydrogens is 339 g/mol. The summed E-state index contributed by atoms with van der Waals surface area (Å²) in [6.45, 7) is 0.919. The Balaban J connectivity index is 0.00000162. The second kappa shape index (κ2) is 7.34. The fourth-order valence-corrected chi connectivity index (χ4v) is 2.38. The number of nitrogens with one attached hydrogen (secondary N) is 2. The lowest BCUT2D eigenvalue weighted by molar-refractivity contribution is -0.118. The summed E-state index contributed by atoms with van der Waals surface area (Å²) in [5.41, 5.74) is 0.763. The molecule has 1 aliphatic heterocycles. The molecule has 1 aromatic carbocycles. The van der Waals surface area contributed by atoms with Gasteiger partial charge in [-0.25, -0.2) is 0 Å². The normalized spacial score (nSPS) is 18.9. The molecule has 18 heavy (non-hydrogen) atoms. The fraction of sp³-hybridized carbons (Fsp3) is 0.417. The van der Waals surface area contributed by atoms with E-state index in [1.54, 1.807) is 12.1 Å². The Labute approximate surface area is 126 Å². The molecule has 0 unspecified atom stereocenters. The van der Waals surface area contributed by atoms with Gasteiger partial charge in [0.05, 0.1) is 11.1 Å². The van der Waals surface area contributed by atoms with Crippen LogP contribution >= 0.6 is 39.9 Å². The lowest BCUT2D eigenvalue weighted by Crippen LogP contribution is -2.43. The summed E-state index contributed by atoms with van der Waals surface area (Å²) < 4.78 is 0.786. The average molecular weight is 354 g/mol. The number of piperidine rings is 1. The summed E-state index contributed by atoms with van der Waals surface area (Å²) in [5.74, 6) is 0.0268. The van der Waals surface area contributed by atoms with E-state index < -0.39 is 0 Å². The molecule has 1 atom stereocenters. The minimum atomic E-state index is -0.0711. The monoisotopic (exact) mass is 352 g/mol. The summed E-state index contributed by atoms with van der Waals surface area (Å²) in [5, 5.41) is 6.74. The predicted molar refractivity (Wildman–Crippen MR) is 80.7 cm³/mol. The average Bonchev–Trinajstić information content (AvgIpc) is 2.35. The van der Waals surface area contributed by atoms with Gasteiger partial charge in [0, 0.05) is 10.2 Å². The third-order valence-corrected chi connectivity index (χ3v) is 4.03. The molecule has 1 fully saturated rings. The minimum Gasteiger partial charge on any atom is -0.325 e. The quantitative estimate of drug-likeness (QED) is 0.852. The van der Waals surface area contributed by atoms with Gasteiger partial charge in [0.2, 0.25) is 5.91 Å². The summed E-state index contributed by atoms with van der Waals surface area (Å²) in [6, 6.07) is 5.30. The molecule has 1 aliphatic rings. The highest BCUT2D eigenvalue weighted by Gasteiger charge is 2.20. The number of hydrogen-bond donors (Lipinski definition) is 2. The van der Waals surface area contributed by atoms with Crippen molar-refractivity contribution in [1.29, 1.82) is 0 Å². The molecule has 0 radical (unpaired) electrons. The number of hydrogen-bond acceptors (Lipinski definition) is 2. The third-order valence-electron chi connectivity index (χ3n) is 2.81. The maximum atomic E-state index is 11.9. The number of amides is 1. The van der Waals surface area contributed by atoms with Crippen molar-refractivity contribution < 1.29 is 4.79 Å². The summed E-state index contributed by atoms with van der Waals surface area (Å²) in [4.78, 5) is 11.9. The van der Waals surface area contributed by atoms with Gasteiger partial charge in [0.15, 0.2) is 0 Å². The molecule has 1 aromatic rings. The van der Waals surface area contributed by atoms with Gasteiger partial charge in [0.25, 0.3) is 0 Å². The van der Waals surface area contributed by atoms with Crippen LogP contribution in [0.5, 0.6) is 0 Å². The first-order chi connectivity index (χ1) is 8.16. The van der Waals surface area contributed by atoms with E-state index in [0.717, 1.165) is 36.0 Å². The Bertz CT molecular complexity index is 423. The van der Waals surface area contributed by atoms with Gasteiger partial charge in [-0.05, 0) is 53.5 Å². The lowest BCUT2D eigenvalue weighted by atomic mass is 10.0. The number of rotatable bonds is 2. The van der Waals surface area contributed by atoms with Crippen LogP contribution in [-0.2, 0) is 4.79 Å². The van der Waals surface area contributed by atoms with Gasteiger partial charge in [-0.3, -0.25) is 4.79 Å². The third kappa shape index (κ3) is 4.12. The Morgan fingerprint density at radius 2 is 2.22 bits per heavy atom. The van der Waals surface area contributed by atoms with Gasteiger partial charge < -0.3 is 10.6 Å². The highest BCUT2D eigenvalue weighted by molar-refractivity contribution is 9.10. The number of carbonyl (C=O) groups is 1. The van der Waals surface area contributed by atoms with Crippen LogP contribution in [0.3, 0.4) is 0 Å². The highest BCUT2D eigenvalue weighted by Crippen LogP contribution is 2.25. The molecule has 0 spiro atoms. The van der Waals surface area contributed by atoms with E-state index in [0.29, 0.717) is 5.02 Å². The van der Waals surface area contributed by atoms with Crippen LogP contribution in [0.2, 0.25) is 5.02 Å². The molecule has 0 aliphatic carbocycles. The maximum absolute atomic E-state index is 11.9. The van der Waals surface area contributed by atoms with Gasteiger partial charge in [-0.15, -0.1) is 12.4 Å². The van der Waals surface area contributed by atoms with E-state index in [2.05, 4.69) is 26.6 Å². The smallest absolute Gasteiger partial charge is 0.241 e. The predicted octanol–water partition coefficient (Wildman–Crippen LogP) is 3.60. The van der Waals surface area contributed by atoms with Crippen LogP contribution in [0.15, 0.2) is 22.7 Å². The number of anilines is 1. The molecule has 1 heterocycles. The molecule has 2 N–H and O–H groups in total. The Kier molecular flexibility index (Phi) is 6.43. The van der Waals surface area contributed by atoms with Crippen LogP contribution in [0.1, 0.15) is 19.3 Å². The second-order valence-electron chi connectivity index (χ2n) is 4.12. The zero-order chi connectivity index (χ0) is 12.3. The summed E-state index contributed by atoms with van der Waals surface area (Å²) >= 11 is 9.23. The lowest BCUT2D eigenvalue weighted by Gasteiger charge is -2.22. The van der Waals surface area contributed by atoms with E-state index in [1.165, 1.54) is 0 Å². The maximum Gasteiger partial charge on any atom is 0.241 e.